The van der Waals surface area contributed by atoms with E-state index in [2.05, 4.69) is 0 Å². The minimum atomic E-state index is -4.24. The number of rotatable bonds is 3. The summed E-state index contributed by atoms with van der Waals surface area (Å²) in [6.45, 7) is 0. The Hall–Kier alpha value is -2.68. The Kier molecular flexibility index (Phi) is 3.44. The first-order valence-corrected chi connectivity index (χ1v) is 7.84. The third-order valence-electron chi connectivity index (χ3n) is 3.27. The lowest BCUT2D eigenvalue weighted by Gasteiger charge is -2.09. The molecule has 0 bridgehead atoms. The molecule has 0 amide bonds. The number of halogens is 2. The van der Waals surface area contributed by atoms with Crippen molar-refractivity contribution < 1.29 is 21.6 Å². The SMILES string of the molecule is Cn1c(=O)oc2ccc(S(=O)(=O)Nc3c(F)cccc3F)cc21. The van der Waals surface area contributed by atoms with Crippen LogP contribution >= 0.6 is 0 Å². The molecule has 0 aliphatic heterocycles. The van der Waals surface area contributed by atoms with Crippen molar-refractivity contribution >= 4 is 26.8 Å². The van der Waals surface area contributed by atoms with E-state index in [4.69, 9.17) is 4.42 Å². The number of nitrogens with zero attached hydrogens (tertiary/aromatic N) is 1. The van der Waals surface area contributed by atoms with Gasteiger partial charge in [0.15, 0.2) is 5.58 Å². The molecule has 0 saturated heterocycles. The Morgan fingerprint density at radius 3 is 2.43 bits per heavy atom. The molecule has 2 aromatic carbocycles. The van der Waals surface area contributed by atoms with E-state index >= 15 is 0 Å². The predicted octanol–water partition coefficient (Wildman–Crippen LogP) is 2.21. The molecule has 0 aliphatic rings. The number of hydrogen-bond acceptors (Lipinski definition) is 4. The van der Waals surface area contributed by atoms with E-state index in [1.54, 1.807) is 0 Å². The van der Waals surface area contributed by atoms with Crippen LogP contribution in [0.3, 0.4) is 0 Å². The van der Waals surface area contributed by atoms with E-state index in [9.17, 15) is 22.0 Å². The van der Waals surface area contributed by atoms with Gasteiger partial charge < -0.3 is 4.42 Å². The molecule has 1 N–H and O–H groups in total. The second-order valence-electron chi connectivity index (χ2n) is 4.76. The number of aryl methyl sites for hydroxylation is 1. The highest BCUT2D eigenvalue weighted by Crippen LogP contribution is 2.24. The van der Waals surface area contributed by atoms with Crippen molar-refractivity contribution in [3.63, 3.8) is 0 Å². The first-order valence-electron chi connectivity index (χ1n) is 6.36. The fraction of sp³-hybridized carbons (Fsp3) is 0.0714. The zero-order valence-corrected chi connectivity index (χ0v) is 12.5. The summed E-state index contributed by atoms with van der Waals surface area (Å²) in [5, 5.41) is 0. The van der Waals surface area contributed by atoms with Crippen molar-refractivity contribution in [1.29, 1.82) is 0 Å². The Labute approximate surface area is 129 Å². The Morgan fingerprint density at radius 2 is 1.78 bits per heavy atom. The van der Waals surface area contributed by atoms with Gasteiger partial charge >= 0.3 is 5.76 Å². The second kappa shape index (κ2) is 5.20. The highest BCUT2D eigenvalue weighted by molar-refractivity contribution is 7.92. The van der Waals surface area contributed by atoms with E-state index in [1.165, 1.54) is 25.2 Å². The Bertz CT molecular complexity index is 1050. The van der Waals surface area contributed by atoms with Crippen molar-refractivity contribution in [2.75, 3.05) is 4.72 Å². The third kappa shape index (κ3) is 2.59. The molecule has 6 nitrogen and oxygen atoms in total. The van der Waals surface area contributed by atoms with Crippen LogP contribution in [0.25, 0.3) is 11.1 Å². The van der Waals surface area contributed by atoms with Crippen LogP contribution in [-0.4, -0.2) is 13.0 Å². The Balaban J connectivity index is 2.09. The van der Waals surface area contributed by atoms with E-state index < -0.39 is 33.1 Å². The van der Waals surface area contributed by atoms with Crippen LogP contribution in [0.2, 0.25) is 0 Å². The molecular weight excluding hydrogens is 330 g/mol. The minimum Gasteiger partial charge on any atom is -0.408 e. The van der Waals surface area contributed by atoms with Gasteiger partial charge in [-0.25, -0.2) is 22.0 Å². The highest BCUT2D eigenvalue weighted by atomic mass is 32.2. The number of aromatic nitrogens is 1. The average molecular weight is 340 g/mol. The third-order valence-corrected chi connectivity index (χ3v) is 4.62. The number of benzene rings is 2. The van der Waals surface area contributed by atoms with Crippen molar-refractivity contribution in [2.45, 2.75) is 4.90 Å². The summed E-state index contributed by atoms with van der Waals surface area (Å²) >= 11 is 0. The first-order chi connectivity index (χ1) is 10.8. The molecule has 0 unspecified atom stereocenters. The maximum absolute atomic E-state index is 13.6. The van der Waals surface area contributed by atoms with E-state index in [-0.39, 0.29) is 16.0 Å². The van der Waals surface area contributed by atoms with Crippen molar-refractivity contribution in [1.82, 2.24) is 4.57 Å². The second-order valence-corrected chi connectivity index (χ2v) is 6.44. The lowest BCUT2D eigenvalue weighted by atomic mass is 10.3. The molecule has 23 heavy (non-hydrogen) atoms. The fourth-order valence-corrected chi connectivity index (χ4v) is 3.16. The van der Waals surface area contributed by atoms with Gasteiger partial charge in [0.1, 0.15) is 17.3 Å². The molecule has 0 aliphatic carbocycles. The summed E-state index contributed by atoms with van der Waals surface area (Å²) in [5.74, 6) is -2.72. The van der Waals surface area contributed by atoms with Gasteiger partial charge in [0, 0.05) is 7.05 Å². The maximum Gasteiger partial charge on any atom is 0.419 e. The molecule has 0 fully saturated rings. The molecule has 0 radical (unpaired) electrons. The smallest absolute Gasteiger partial charge is 0.408 e. The number of para-hydroxylation sites is 1. The van der Waals surface area contributed by atoms with Crippen molar-refractivity contribution in [3.8, 4) is 0 Å². The molecule has 1 aromatic heterocycles. The molecule has 120 valence electrons. The topological polar surface area (TPSA) is 81.3 Å². The molecule has 0 spiro atoms. The van der Waals surface area contributed by atoms with E-state index in [0.717, 1.165) is 22.8 Å². The molecule has 0 atom stereocenters. The summed E-state index contributed by atoms with van der Waals surface area (Å²) in [6.07, 6.45) is 0. The van der Waals surface area contributed by atoms with Gasteiger partial charge in [-0.3, -0.25) is 9.29 Å². The van der Waals surface area contributed by atoms with Crippen LogP contribution in [0.1, 0.15) is 0 Å². The molecule has 3 rings (SSSR count). The number of anilines is 1. The van der Waals surface area contributed by atoms with Crippen LogP contribution in [0, 0.1) is 11.6 Å². The number of fused-ring (bicyclic) bond motifs is 1. The number of sulfonamides is 1. The lowest BCUT2D eigenvalue weighted by molar-refractivity contribution is 0.528. The normalized spacial score (nSPS) is 11.8. The zero-order chi connectivity index (χ0) is 16.8. The monoisotopic (exact) mass is 340 g/mol. The van der Waals surface area contributed by atoms with Crippen LogP contribution in [-0.2, 0) is 17.1 Å². The molecular formula is C14H10F2N2O4S. The van der Waals surface area contributed by atoms with Crippen molar-refractivity contribution in [2.24, 2.45) is 7.05 Å². The summed E-state index contributed by atoms with van der Waals surface area (Å²) in [4.78, 5) is 11.2. The number of oxazole rings is 1. The first kappa shape index (κ1) is 15.2. The Morgan fingerprint density at radius 1 is 1.13 bits per heavy atom. The molecule has 9 heteroatoms. The van der Waals surface area contributed by atoms with Gasteiger partial charge in [-0.1, -0.05) is 6.07 Å². The van der Waals surface area contributed by atoms with Crippen LogP contribution < -0.4 is 10.5 Å². The fourth-order valence-electron chi connectivity index (χ4n) is 2.06. The molecule has 0 saturated carbocycles. The average Bonchev–Trinajstić information content (AvgIpc) is 2.78. The van der Waals surface area contributed by atoms with Gasteiger partial charge in [0.2, 0.25) is 0 Å². The van der Waals surface area contributed by atoms with E-state index in [1.807, 2.05) is 4.72 Å². The van der Waals surface area contributed by atoms with E-state index in [0.29, 0.717) is 0 Å². The van der Waals surface area contributed by atoms with Gasteiger partial charge in [-0.2, -0.15) is 0 Å². The maximum atomic E-state index is 13.6. The quantitative estimate of drug-likeness (QED) is 0.793. The largest absolute Gasteiger partial charge is 0.419 e. The van der Waals surface area contributed by atoms with Gasteiger partial charge in [-0.05, 0) is 30.3 Å². The van der Waals surface area contributed by atoms with Crippen molar-refractivity contribution in [3.05, 3.63) is 58.6 Å². The van der Waals surface area contributed by atoms with Gasteiger partial charge in [0.05, 0.1) is 10.4 Å². The molecule has 1 heterocycles. The summed E-state index contributed by atoms with van der Waals surface area (Å²) in [5.41, 5.74) is -0.325. The summed E-state index contributed by atoms with van der Waals surface area (Å²) < 4.78 is 59.7. The van der Waals surface area contributed by atoms with Crippen LogP contribution in [0.4, 0.5) is 14.5 Å². The lowest BCUT2D eigenvalue weighted by Crippen LogP contribution is -2.15. The zero-order valence-electron chi connectivity index (χ0n) is 11.7. The summed E-state index contributed by atoms with van der Waals surface area (Å²) in [7, 11) is -2.83. The highest BCUT2D eigenvalue weighted by Gasteiger charge is 2.20. The number of hydrogen-bond donors (Lipinski definition) is 1. The standard InChI is InChI=1S/C14H10F2N2O4S/c1-18-11-7-8(5-6-12(11)22-14(18)19)23(20,21)17-13-9(15)3-2-4-10(13)16/h2-7,17H,1H3. The summed E-state index contributed by atoms with van der Waals surface area (Å²) in [6, 6.07) is 6.64. The van der Waals surface area contributed by atoms with Crippen LogP contribution in [0.5, 0.6) is 0 Å². The van der Waals surface area contributed by atoms with Gasteiger partial charge in [-0.15, -0.1) is 0 Å². The number of nitrogens with one attached hydrogen (secondary N) is 1. The molecule has 3 aromatic rings. The predicted molar refractivity (Wildman–Crippen MR) is 78.6 cm³/mol. The van der Waals surface area contributed by atoms with Crippen LogP contribution in [0.15, 0.2) is 50.5 Å². The van der Waals surface area contributed by atoms with Gasteiger partial charge in [0.25, 0.3) is 10.0 Å². The minimum absolute atomic E-state index is 0.202.